The second-order valence-electron chi connectivity index (χ2n) is 5.89. The Morgan fingerprint density at radius 1 is 1.26 bits per heavy atom. The van der Waals surface area contributed by atoms with Crippen molar-refractivity contribution in [3.05, 3.63) is 35.9 Å². The lowest BCUT2D eigenvalue weighted by atomic mass is 9.91. The summed E-state index contributed by atoms with van der Waals surface area (Å²) >= 11 is 0. The highest BCUT2D eigenvalue weighted by molar-refractivity contribution is 6.07. The number of hydrogen-bond donors (Lipinski definition) is 2. The third kappa shape index (κ3) is 3.11. The predicted octanol–water partition coefficient (Wildman–Crippen LogP) is 0.380. The molecular weight excluding hydrogens is 298 g/mol. The van der Waals surface area contributed by atoms with E-state index in [1.807, 2.05) is 6.07 Å². The van der Waals surface area contributed by atoms with Crippen LogP contribution in [-0.2, 0) is 9.59 Å². The van der Waals surface area contributed by atoms with Crippen molar-refractivity contribution in [1.29, 1.82) is 0 Å². The molecule has 0 saturated carbocycles. The molecule has 1 aliphatic heterocycles. The summed E-state index contributed by atoms with van der Waals surface area (Å²) in [4.78, 5) is 36.1. The van der Waals surface area contributed by atoms with Gasteiger partial charge in [-0.2, -0.15) is 0 Å². The Balaban J connectivity index is 2.22. The number of hydrazine groups is 1. The van der Waals surface area contributed by atoms with Gasteiger partial charge in [0.05, 0.1) is 0 Å². The summed E-state index contributed by atoms with van der Waals surface area (Å²) < 4.78 is 0. The van der Waals surface area contributed by atoms with Crippen LogP contribution in [0.15, 0.2) is 30.3 Å². The molecular formula is C16H21N3O4. The van der Waals surface area contributed by atoms with E-state index in [0.717, 1.165) is 0 Å². The number of rotatable bonds is 5. The third-order valence-electron chi connectivity index (χ3n) is 4.17. The molecule has 1 aliphatic rings. The molecule has 0 bridgehead atoms. The molecule has 1 aromatic carbocycles. The van der Waals surface area contributed by atoms with Crippen LogP contribution >= 0.6 is 0 Å². The van der Waals surface area contributed by atoms with Crippen LogP contribution in [0.5, 0.6) is 0 Å². The molecule has 124 valence electrons. The van der Waals surface area contributed by atoms with Gasteiger partial charge in [-0.25, -0.2) is 14.8 Å². The third-order valence-corrected chi connectivity index (χ3v) is 4.17. The SMILES string of the molecule is CC(=O)C1(C(=O)O)CC(NC(=O)c2ccccc2)CN1N(C)C. The number of nitrogens with one attached hydrogen (secondary N) is 1. The molecule has 7 nitrogen and oxygen atoms in total. The van der Waals surface area contributed by atoms with E-state index in [0.29, 0.717) is 5.56 Å². The largest absolute Gasteiger partial charge is 0.479 e. The van der Waals surface area contributed by atoms with E-state index in [4.69, 9.17) is 0 Å². The molecule has 1 heterocycles. The molecule has 2 unspecified atom stereocenters. The van der Waals surface area contributed by atoms with Crippen molar-refractivity contribution >= 4 is 17.7 Å². The molecule has 0 aromatic heterocycles. The van der Waals surface area contributed by atoms with Crippen molar-refractivity contribution in [2.24, 2.45) is 0 Å². The highest BCUT2D eigenvalue weighted by Gasteiger charge is 2.56. The Kier molecular flexibility index (Phi) is 4.82. The van der Waals surface area contributed by atoms with E-state index in [-0.39, 0.29) is 18.9 Å². The number of ketones is 1. The fraction of sp³-hybridized carbons (Fsp3) is 0.438. The van der Waals surface area contributed by atoms with E-state index in [1.54, 1.807) is 43.4 Å². The van der Waals surface area contributed by atoms with E-state index in [1.165, 1.54) is 11.9 Å². The molecule has 2 N–H and O–H groups in total. The molecule has 1 amide bonds. The van der Waals surface area contributed by atoms with Gasteiger partial charge in [-0.05, 0) is 19.1 Å². The second-order valence-corrected chi connectivity index (χ2v) is 5.89. The lowest BCUT2D eigenvalue weighted by Crippen LogP contribution is -2.59. The number of aliphatic carboxylic acids is 1. The van der Waals surface area contributed by atoms with Gasteiger partial charge in [0.1, 0.15) is 0 Å². The minimum Gasteiger partial charge on any atom is -0.479 e. The Morgan fingerprint density at radius 3 is 2.30 bits per heavy atom. The lowest BCUT2D eigenvalue weighted by molar-refractivity contribution is -0.165. The maximum Gasteiger partial charge on any atom is 0.333 e. The normalized spacial score (nSPS) is 24.6. The number of carboxylic acid groups (broad SMARTS) is 1. The Morgan fingerprint density at radius 2 is 1.87 bits per heavy atom. The molecule has 23 heavy (non-hydrogen) atoms. The van der Waals surface area contributed by atoms with Gasteiger partial charge in [-0.15, -0.1) is 0 Å². The van der Waals surface area contributed by atoms with Crippen molar-refractivity contribution in [3.8, 4) is 0 Å². The van der Waals surface area contributed by atoms with Gasteiger partial charge in [0, 0.05) is 38.7 Å². The first-order valence-electron chi connectivity index (χ1n) is 7.34. The zero-order chi connectivity index (χ0) is 17.2. The maximum atomic E-state index is 12.3. The average Bonchev–Trinajstić information content (AvgIpc) is 2.89. The number of carbonyl (C=O) groups is 3. The van der Waals surface area contributed by atoms with Gasteiger partial charge in [-0.1, -0.05) is 18.2 Å². The smallest absolute Gasteiger partial charge is 0.333 e. The molecule has 2 atom stereocenters. The van der Waals surface area contributed by atoms with Crippen molar-refractivity contribution in [3.63, 3.8) is 0 Å². The number of hydrogen-bond acceptors (Lipinski definition) is 5. The molecule has 0 aliphatic carbocycles. The quantitative estimate of drug-likeness (QED) is 0.763. The van der Waals surface area contributed by atoms with Crippen molar-refractivity contribution in [1.82, 2.24) is 15.3 Å². The average molecular weight is 319 g/mol. The Labute approximate surface area is 134 Å². The summed E-state index contributed by atoms with van der Waals surface area (Å²) in [7, 11) is 3.37. The first-order chi connectivity index (χ1) is 10.8. The molecule has 1 fully saturated rings. The summed E-state index contributed by atoms with van der Waals surface area (Å²) in [5.41, 5.74) is -1.14. The first kappa shape index (κ1) is 17.1. The lowest BCUT2D eigenvalue weighted by Gasteiger charge is -2.36. The second kappa shape index (κ2) is 6.47. The highest BCUT2D eigenvalue weighted by Crippen LogP contribution is 2.32. The number of Topliss-reactive ketones (excluding diaryl/α,β-unsaturated/α-hetero) is 1. The topological polar surface area (TPSA) is 89.9 Å². The Bertz CT molecular complexity index is 601. The molecule has 0 radical (unpaired) electrons. The van der Waals surface area contributed by atoms with E-state index >= 15 is 0 Å². The number of nitrogens with zero attached hydrogens (tertiary/aromatic N) is 2. The van der Waals surface area contributed by atoms with Crippen LogP contribution in [0.3, 0.4) is 0 Å². The van der Waals surface area contributed by atoms with Gasteiger partial charge in [-0.3, -0.25) is 9.59 Å². The van der Waals surface area contributed by atoms with Crippen LogP contribution in [0.1, 0.15) is 23.7 Å². The zero-order valence-electron chi connectivity index (χ0n) is 13.4. The minimum atomic E-state index is -1.64. The predicted molar refractivity (Wildman–Crippen MR) is 83.8 cm³/mol. The number of benzene rings is 1. The maximum absolute atomic E-state index is 12.3. The number of amides is 1. The van der Waals surface area contributed by atoms with Crippen LogP contribution in [-0.4, -0.2) is 65.0 Å². The first-order valence-corrected chi connectivity index (χ1v) is 7.34. The fourth-order valence-corrected chi connectivity index (χ4v) is 3.02. The minimum absolute atomic E-state index is 0.0361. The van der Waals surface area contributed by atoms with Crippen LogP contribution in [0.2, 0.25) is 0 Å². The van der Waals surface area contributed by atoms with Gasteiger partial charge in [0.2, 0.25) is 0 Å². The van der Waals surface area contributed by atoms with Gasteiger partial charge in [0.25, 0.3) is 5.91 Å². The fourth-order valence-electron chi connectivity index (χ4n) is 3.02. The standard InChI is InChI=1S/C16H21N3O4/c1-11(20)16(15(22)23)9-13(10-19(16)18(2)3)17-14(21)12-7-5-4-6-8-12/h4-8,13H,9-10H2,1-3H3,(H,17,21)(H,22,23). The number of carbonyl (C=O) groups excluding carboxylic acids is 2. The Hall–Kier alpha value is -2.25. The van der Waals surface area contributed by atoms with Gasteiger partial charge in [0.15, 0.2) is 11.3 Å². The summed E-state index contributed by atoms with van der Waals surface area (Å²) in [6.45, 7) is 1.53. The monoisotopic (exact) mass is 319 g/mol. The van der Waals surface area contributed by atoms with E-state index in [2.05, 4.69) is 5.32 Å². The molecule has 2 rings (SSSR count). The summed E-state index contributed by atoms with van der Waals surface area (Å²) in [5, 5.41) is 15.5. The van der Waals surface area contributed by atoms with Crippen molar-refractivity contribution < 1.29 is 19.5 Å². The van der Waals surface area contributed by atoms with Gasteiger partial charge < -0.3 is 10.4 Å². The number of carboxylic acids is 1. The van der Waals surface area contributed by atoms with E-state index < -0.39 is 23.3 Å². The molecule has 0 spiro atoms. The van der Waals surface area contributed by atoms with Crippen LogP contribution in [0.25, 0.3) is 0 Å². The molecule has 1 aromatic rings. The van der Waals surface area contributed by atoms with Crippen molar-refractivity contribution in [2.45, 2.75) is 24.9 Å². The summed E-state index contributed by atoms with van der Waals surface area (Å²) in [6.07, 6.45) is 0.0361. The summed E-state index contributed by atoms with van der Waals surface area (Å²) in [6, 6.07) is 8.27. The van der Waals surface area contributed by atoms with Crippen LogP contribution < -0.4 is 5.32 Å². The highest BCUT2D eigenvalue weighted by atomic mass is 16.4. The summed E-state index contributed by atoms with van der Waals surface area (Å²) in [5.74, 6) is -1.93. The molecule has 1 saturated heterocycles. The van der Waals surface area contributed by atoms with Crippen molar-refractivity contribution in [2.75, 3.05) is 20.6 Å². The van der Waals surface area contributed by atoms with Gasteiger partial charge >= 0.3 is 5.97 Å². The van der Waals surface area contributed by atoms with Crippen LogP contribution in [0, 0.1) is 0 Å². The van der Waals surface area contributed by atoms with E-state index in [9.17, 15) is 19.5 Å². The zero-order valence-corrected chi connectivity index (χ0v) is 13.4. The van der Waals surface area contributed by atoms with Crippen LogP contribution in [0.4, 0.5) is 0 Å². The molecule has 7 heteroatoms.